The van der Waals surface area contributed by atoms with E-state index >= 15 is 0 Å². The maximum absolute atomic E-state index is 12.2. The Bertz CT molecular complexity index is 416. The molecule has 1 aromatic heterocycles. The molecule has 1 fully saturated rings. The lowest BCUT2D eigenvalue weighted by atomic mass is 9.90. The maximum atomic E-state index is 12.2. The van der Waals surface area contributed by atoms with Gasteiger partial charge in [-0.3, -0.25) is 9.78 Å². The van der Waals surface area contributed by atoms with Crippen LogP contribution in [0.4, 0.5) is 5.69 Å². The Hall–Kier alpha value is -0.940. The number of hydrogen-bond acceptors (Lipinski definition) is 3. The summed E-state index contributed by atoms with van der Waals surface area (Å²) in [5.41, 5.74) is 0.305. The van der Waals surface area contributed by atoms with Crippen LogP contribution in [-0.4, -0.2) is 23.0 Å². The van der Waals surface area contributed by atoms with Crippen molar-refractivity contribution < 1.29 is 4.79 Å². The largest absolute Gasteiger partial charge is 0.323 e. The minimum atomic E-state index is -0.457. The van der Waals surface area contributed by atoms with Crippen LogP contribution >= 0.6 is 15.9 Å². The minimum Gasteiger partial charge on any atom is -0.323 e. The number of nitrogens with zero attached hydrogens (tertiary/aromatic N) is 1. The third-order valence-corrected chi connectivity index (χ3v) is 3.77. The van der Waals surface area contributed by atoms with Crippen molar-refractivity contribution in [1.29, 1.82) is 0 Å². The zero-order chi connectivity index (χ0) is 12.3. The van der Waals surface area contributed by atoms with Gasteiger partial charge in [0, 0.05) is 12.4 Å². The molecule has 0 saturated carbocycles. The standard InChI is InChI=1S/C12H16BrN3O/c1-12(5-2-3-6-15-12)11(17)16-10-4-7-14-8-9(10)13/h4,7-8,15H,2-3,5-6H2,1H3,(H,14,16,17). The van der Waals surface area contributed by atoms with E-state index in [0.717, 1.165) is 36.0 Å². The van der Waals surface area contributed by atoms with Crippen LogP contribution in [0.5, 0.6) is 0 Å². The Morgan fingerprint density at radius 3 is 3.06 bits per heavy atom. The van der Waals surface area contributed by atoms with Gasteiger partial charge in [-0.05, 0) is 54.7 Å². The summed E-state index contributed by atoms with van der Waals surface area (Å²) in [7, 11) is 0. The van der Waals surface area contributed by atoms with Crippen LogP contribution in [-0.2, 0) is 4.79 Å². The number of hydrogen-bond donors (Lipinski definition) is 2. The lowest BCUT2D eigenvalue weighted by Gasteiger charge is -2.33. The summed E-state index contributed by atoms with van der Waals surface area (Å²) in [6.07, 6.45) is 6.45. The Labute approximate surface area is 109 Å². The zero-order valence-electron chi connectivity index (χ0n) is 9.79. The topological polar surface area (TPSA) is 54.0 Å². The van der Waals surface area contributed by atoms with Gasteiger partial charge in [0.1, 0.15) is 0 Å². The normalized spacial score (nSPS) is 24.4. The van der Waals surface area contributed by atoms with Crippen molar-refractivity contribution in [3.63, 3.8) is 0 Å². The monoisotopic (exact) mass is 297 g/mol. The van der Waals surface area contributed by atoms with E-state index in [1.165, 1.54) is 0 Å². The summed E-state index contributed by atoms with van der Waals surface area (Å²) in [4.78, 5) is 16.2. The highest BCUT2D eigenvalue weighted by molar-refractivity contribution is 9.10. The van der Waals surface area contributed by atoms with E-state index in [1.807, 2.05) is 6.92 Å². The Kier molecular flexibility index (Phi) is 3.79. The molecular formula is C12H16BrN3O. The van der Waals surface area contributed by atoms with E-state index in [0.29, 0.717) is 0 Å². The Balaban J connectivity index is 2.08. The number of carbonyl (C=O) groups excluding carboxylic acids is 1. The summed E-state index contributed by atoms with van der Waals surface area (Å²) in [5.74, 6) is 0.0177. The van der Waals surface area contributed by atoms with Crippen LogP contribution in [0.25, 0.3) is 0 Å². The number of amides is 1. The van der Waals surface area contributed by atoms with Crippen molar-refractivity contribution in [1.82, 2.24) is 10.3 Å². The molecule has 1 atom stereocenters. The van der Waals surface area contributed by atoms with Crippen molar-refractivity contribution >= 4 is 27.5 Å². The molecule has 92 valence electrons. The molecule has 2 heterocycles. The Morgan fingerprint density at radius 2 is 2.41 bits per heavy atom. The van der Waals surface area contributed by atoms with E-state index in [-0.39, 0.29) is 5.91 Å². The van der Waals surface area contributed by atoms with Gasteiger partial charge in [0.15, 0.2) is 0 Å². The van der Waals surface area contributed by atoms with Crippen LogP contribution in [0.3, 0.4) is 0 Å². The van der Waals surface area contributed by atoms with Gasteiger partial charge in [0.05, 0.1) is 15.7 Å². The van der Waals surface area contributed by atoms with E-state index in [1.54, 1.807) is 18.5 Å². The zero-order valence-corrected chi connectivity index (χ0v) is 11.4. The predicted octanol–water partition coefficient (Wildman–Crippen LogP) is 2.31. The minimum absolute atomic E-state index is 0.0177. The molecule has 1 aliphatic heterocycles. The number of nitrogens with one attached hydrogen (secondary N) is 2. The number of anilines is 1. The van der Waals surface area contributed by atoms with Crippen LogP contribution in [0.2, 0.25) is 0 Å². The van der Waals surface area contributed by atoms with E-state index in [2.05, 4.69) is 31.5 Å². The SMILES string of the molecule is CC1(C(=O)Nc2ccncc2Br)CCCCN1. The van der Waals surface area contributed by atoms with Crippen LogP contribution < -0.4 is 10.6 Å². The molecule has 5 heteroatoms. The smallest absolute Gasteiger partial charge is 0.244 e. The predicted molar refractivity (Wildman–Crippen MR) is 70.8 cm³/mol. The van der Waals surface area contributed by atoms with Crippen molar-refractivity contribution in [3.8, 4) is 0 Å². The first-order valence-electron chi connectivity index (χ1n) is 5.78. The molecule has 2 rings (SSSR count). The number of piperidine rings is 1. The van der Waals surface area contributed by atoms with Gasteiger partial charge in [0.25, 0.3) is 0 Å². The molecule has 1 amide bonds. The third-order valence-electron chi connectivity index (χ3n) is 3.14. The van der Waals surface area contributed by atoms with Crippen LogP contribution in [0, 0.1) is 0 Å². The molecule has 0 aromatic carbocycles. The second-order valence-corrected chi connectivity index (χ2v) is 5.38. The number of pyridine rings is 1. The van der Waals surface area contributed by atoms with Gasteiger partial charge >= 0.3 is 0 Å². The molecule has 1 aliphatic rings. The number of carbonyl (C=O) groups is 1. The summed E-state index contributed by atoms with van der Waals surface area (Å²) in [5, 5.41) is 6.22. The first kappa shape index (κ1) is 12.5. The third kappa shape index (κ3) is 2.84. The van der Waals surface area contributed by atoms with E-state index in [9.17, 15) is 4.79 Å². The fraction of sp³-hybridized carbons (Fsp3) is 0.500. The molecule has 0 radical (unpaired) electrons. The van der Waals surface area contributed by atoms with E-state index < -0.39 is 5.54 Å². The average molecular weight is 298 g/mol. The highest BCUT2D eigenvalue weighted by Crippen LogP contribution is 2.24. The molecule has 17 heavy (non-hydrogen) atoms. The molecular weight excluding hydrogens is 282 g/mol. The summed E-state index contributed by atoms with van der Waals surface area (Å²) < 4.78 is 0.799. The first-order valence-corrected chi connectivity index (χ1v) is 6.57. The lowest BCUT2D eigenvalue weighted by molar-refractivity contribution is -0.122. The molecule has 0 aliphatic carbocycles. The highest BCUT2D eigenvalue weighted by atomic mass is 79.9. The van der Waals surface area contributed by atoms with Gasteiger partial charge < -0.3 is 10.6 Å². The summed E-state index contributed by atoms with van der Waals surface area (Å²) in [6, 6.07) is 1.79. The number of halogens is 1. The fourth-order valence-corrected chi connectivity index (χ4v) is 2.34. The molecule has 1 saturated heterocycles. The molecule has 1 unspecified atom stereocenters. The van der Waals surface area contributed by atoms with Crippen molar-refractivity contribution in [3.05, 3.63) is 22.9 Å². The Morgan fingerprint density at radius 1 is 1.59 bits per heavy atom. The summed E-state index contributed by atoms with van der Waals surface area (Å²) >= 11 is 3.37. The number of aromatic nitrogens is 1. The van der Waals surface area contributed by atoms with Gasteiger partial charge in [0.2, 0.25) is 5.91 Å². The van der Waals surface area contributed by atoms with Gasteiger partial charge in [-0.15, -0.1) is 0 Å². The van der Waals surface area contributed by atoms with Gasteiger partial charge in [-0.2, -0.15) is 0 Å². The van der Waals surface area contributed by atoms with Crippen LogP contribution in [0.15, 0.2) is 22.9 Å². The fourth-order valence-electron chi connectivity index (χ4n) is 1.99. The second kappa shape index (κ2) is 5.14. The molecule has 1 aromatic rings. The first-order chi connectivity index (χ1) is 8.12. The van der Waals surface area contributed by atoms with Gasteiger partial charge in [-0.1, -0.05) is 0 Å². The van der Waals surface area contributed by atoms with Crippen molar-refractivity contribution in [2.24, 2.45) is 0 Å². The van der Waals surface area contributed by atoms with Crippen molar-refractivity contribution in [2.45, 2.75) is 31.7 Å². The highest BCUT2D eigenvalue weighted by Gasteiger charge is 2.34. The molecule has 4 nitrogen and oxygen atoms in total. The van der Waals surface area contributed by atoms with Crippen molar-refractivity contribution in [2.75, 3.05) is 11.9 Å². The quantitative estimate of drug-likeness (QED) is 0.881. The van der Waals surface area contributed by atoms with E-state index in [4.69, 9.17) is 0 Å². The van der Waals surface area contributed by atoms with Gasteiger partial charge in [-0.25, -0.2) is 0 Å². The molecule has 0 spiro atoms. The van der Waals surface area contributed by atoms with Crippen LogP contribution in [0.1, 0.15) is 26.2 Å². The average Bonchev–Trinajstić information content (AvgIpc) is 2.33. The summed E-state index contributed by atoms with van der Waals surface area (Å²) in [6.45, 7) is 2.86. The second-order valence-electron chi connectivity index (χ2n) is 4.53. The maximum Gasteiger partial charge on any atom is 0.244 e. The lowest BCUT2D eigenvalue weighted by Crippen LogP contribution is -2.54. The molecule has 2 N–H and O–H groups in total. The number of rotatable bonds is 2. The molecule has 0 bridgehead atoms.